The number of rotatable bonds is 5. The third-order valence-electron chi connectivity index (χ3n) is 3.60. The highest BCUT2D eigenvalue weighted by molar-refractivity contribution is 7.93. The Morgan fingerprint density at radius 1 is 1.16 bits per heavy atom. The lowest BCUT2D eigenvalue weighted by Crippen LogP contribution is -2.22. The number of carbonyl (C=O) groups is 1. The molecule has 0 saturated carbocycles. The summed E-state index contributed by atoms with van der Waals surface area (Å²) < 4.78 is 27.1. The van der Waals surface area contributed by atoms with Gasteiger partial charge in [-0.05, 0) is 37.3 Å². The first-order valence-corrected chi connectivity index (χ1v) is 9.84. The molecule has 1 amide bonds. The van der Waals surface area contributed by atoms with Gasteiger partial charge in [0.15, 0.2) is 0 Å². The van der Waals surface area contributed by atoms with Crippen molar-refractivity contribution in [2.75, 3.05) is 0 Å². The van der Waals surface area contributed by atoms with Crippen LogP contribution in [0.2, 0.25) is 0 Å². The molecule has 25 heavy (non-hydrogen) atoms. The Labute approximate surface area is 150 Å². The van der Waals surface area contributed by atoms with Crippen molar-refractivity contribution in [3.8, 4) is 0 Å². The van der Waals surface area contributed by atoms with E-state index in [0.717, 1.165) is 22.6 Å². The Morgan fingerprint density at radius 2 is 1.88 bits per heavy atom. The average molecular weight is 375 g/mol. The number of hydrogen-bond donors (Lipinski definition) is 1. The summed E-state index contributed by atoms with van der Waals surface area (Å²) in [7, 11) is -1.81. The van der Waals surface area contributed by atoms with Crippen LogP contribution < -0.4 is 5.32 Å². The van der Waals surface area contributed by atoms with Crippen molar-refractivity contribution in [2.45, 2.75) is 22.6 Å². The standard InChI is InChI=1S/C17H17N3O3S2/c1-12-3-5-14(6-4-12)25(22,23)16-8-7-15(24-16)17(21)18-11-13-9-10-20(2)19-13/h3-10H,11H2,1-2H3,(H,18,21). The molecule has 0 aliphatic carbocycles. The minimum Gasteiger partial charge on any atom is -0.346 e. The van der Waals surface area contributed by atoms with E-state index in [2.05, 4.69) is 10.4 Å². The van der Waals surface area contributed by atoms with Crippen LogP contribution in [0.3, 0.4) is 0 Å². The summed E-state index contributed by atoms with van der Waals surface area (Å²) in [5.74, 6) is -0.319. The van der Waals surface area contributed by atoms with Crippen molar-refractivity contribution < 1.29 is 13.2 Å². The molecule has 0 spiro atoms. The Bertz CT molecular complexity index is 1000. The second kappa shape index (κ2) is 6.81. The lowest BCUT2D eigenvalue weighted by Gasteiger charge is -2.02. The summed E-state index contributed by atoms with van der Waals surface area (Å²) in [6, 6.07) is 11.5. The summed E-state index contributed by atoms with van der Waals surface area (Å²) >= 11 is 0.962. The van der Waals surface area contributed by atoms with Crippen LogP contribution in [0.4, 0.5) is 0 Å². The van der Waals surface area contributed by atoms with E-state index in [1.807, 2.05) is 13.0 Å². The van der Waals surface area contributed by atoms with Crippen molar-refractivity contribution in [3.63, 3.8) is 0 Å². The summed E-state index contributed by atoms with van der Waals surface area (Å²) in [6.45, 7) is 2.18. The Hall–Kier alpha value is -2.45. The smallest absolute Gasteiger partial charge is 0.261 e. The predicted molar refractivity (Wildman–Crippen MR) is 95.3 cm³/mol. The van der Waals surface area contributed by atoms with Crippen LogP contribution in [-0.2, 0) is 23.4 Å². The molecule has 0 fully saturated rings. The summed E-state index contributed by atoms with van der Waals surface area (Å²) in [6.07, 6.45) is 1.79. The maximum atomic E-state index is 12.6. The molecule has 0 atom stereocenters. The SMILES string of the molecule is Cc1ccc(S(=O)(=O)c2ccc(C(=O)NCc3ccn(C)n3)s2)cc1. The van der Waals surface area contributed by atoms with Gasteiger partial charge in [-0.15, -0.1) is 11.3 Å². The fourth-order valence-electron chi connectivity index (χ4n) is 2.24. The average Bonchev–Trinajstić information content (AvgIpc) is 3.22. The van der Waals surface area contributed by atoms with Crippen LogP contribution in [0.25, 0.3) is 0 Å². The molecule has 0 bridgehead atoms. The molecule has 1 aromatic carbocycles. The molecule has 1 N–H and O–H groups in total. The number of benzene rings is 1. The highest BCUT2D eigenvalue weighted by Crippen LogP contribution is 2.28. The Balaban J connectivity index is 1.75. The molecular weight excluding hydrogens is 358 g/mol. The van der Waals surface area contributed by atoms with E-state index in [9.17, 15) is 13.2 Å². The third-order valence-corrected chi connectivity index (χ3v) is 6.95. The van der Waals surface area contributed by atoms with Crippen molar-refractivity contribution in [1.82, 2.24) is 15.1 Å². The molecular formula is C17H17N3O3S2. The number of nitrogens with one attached hydrogen (secondary N) is 1. The molecule has 3 aromatic rings. The fourth-order valence-corrected chi connectivity index (χ4v) is 4.86. The van der Waals surface area contributed by atoms with Crippen LogP contribution in [0.5, 0.6) is 0 Å². The maximum Gasteiger partial charge on any atom is 0.261 e. The van der Waals surface area contributed by atoms with Gasteiger partial charge in [-0.2, -0.15) is 5.10 Å². The van der Waals surface area contributed by atoms with Gasteiger partial charge in [-0.3, -0.25) is 9.48 Å². The van der Waals surface area contributed by atoms with E-state index in [1.54, 1.807) is 42.2 Å². The summed E-state index contributed by atoms with van der Waals surface area (Å²) in [5.41, 5.74) is 1.72. The van der Waals surface area contributed by atoms with Crippen LogP contribution in [0, 0.1) is 6.92 Å². The molecule has 3 rings (SSSR count). The van der Waals surface area contributed by atoms with Gasteiger partial charge < -0.3 is 5.32 Å². The van der Waals surface area contributed by atoms with E-state index in [0.29, 0.717) is 4.88 Å². The maximum absolute atomic E-state index is 12.6. The zero-order valence-corrected chi connectivity index (χ0v) is 15.4. The molecule has 0 radical (unpaired) electrons. The fraction of sp³-hybridized carbons (Fsp3) is 0.176. The van der Waals surface area contributed by atoms with E-state index < -0.39 is 9.84 Å². The minimum absolute atomic E-state index is 0.152. The molecule has 0 saturated heterocycles. The topological polar surface area (TPSA) is 81.1 Å². The van der Waals surface area contributed by atoms with Gasteiger partial charge in [0.05, 0.1) is 22.0 Å². The zero-order valence-electron chi connectivity index (χ0n) is 13.8. The number of carbonyl (C=O) groups excluding carboxylic acids is 1. The van der Waals surface area contributed by atoms with Gasteiger partial charge >= 0.3 is 0 Å². The van der Waals surface area contributed by atoms with Crippen molar-refractivity contribution in [2.24, 2.45) is 7.05 Å². The molecule has 6 nitrogen and oxygen atoms in total. The number of aryl methyl sites for hydroxylation is 2. The Kier molecular flexibility index (Phi) is 4.73. The first kappa shape index (κ1) is 17.4. The second-order valence-corrected chi connectivity index (χ2v) is 8.86. The second-order valence-electron chi connectivity index (χ2n) is 5.60. The molecule has 130 valence electrons. The Morgan fingerprint density at radius 3 is 2.52 bits per heavy atom. The number of hydrogen-bond acceptors (Lipinski definition) is 5. The number of aromatic nitrogens is 2. The number of nitrogens with zero attached hydrogens (tertiary/aromatic N) is 2. The number of thiophene rings is 1. The van der Waals surface area contributed by atoms with Crippen LogP contribution in [0.15, 0.2) is 57.8 Å². The van der Waals surface area contributed by atoms with Crippen LogP contribution in [0.1, 0.15) is 20.9 Å². The van der Waals surface area contributed by atoms with Gasteiger partial charge in [-0.1, -0.05) is 17.7 Å². The van der Waals surface area contributed by atoms with Crippen molar-refractivity contribution >= 4 is 27.1 Å². The van der Waals surface area contributed by atoms with E-state index in [4.69, 9.17) is 0 Å². The van der Waals surface area contributed by atoms with Gasteiger partial charge in [0.1, 0.15) is 4.21 Å². The van der Waals surface area contributed by atoms with E-state index in [1.165, 1.54) is 12.1 Å². The quantitative estimate of drug-likeness (QED) is 0.743. The zero-order chi connectivity index (χ0) is 18.0. The molecule has 0 aliphatic rings. The van der Waals surface area contributed by atoms with Gasteiger partial charge in [-0.25, -0.2) is 8.42 Å². The molecule has 0 unspecified atom stereocenters. The number of amides is 1. The van der Waals surface area contributed by atoms with Gasteiger partial charge in [0, 0.05) is 13.2 Å². The minimum atomic E-state index is -3.61. The first-order valence-electron chi connectivity index (χ1n) is 7.54. The molecule has 2 heterocycles. The largest absolute Gasteiger partial charge is 0.346 e. The van der Waals surface area contributed by atoms with E-state index in [-0.39, 0.29) is 21.6 Å². The monoisotopic (exact) mass is 375 g/mol. The third kappa shape index (κ3) is 3.80. The molecule has 8 heteroatoms. The highest BCUT2D eigenvalue weighted by Gasteiger charge is 2.21. The van der Waals surface area contributed by atoms with Crippen molar-refractivity contribution in [3.05, 3.63) is 64.8 Å². The van der Waals surface area contributed by atoms with Gasteiger partial charge in [0.2, 0.25) is 9.84 Å². The lowest BCUT2D eigenvalue weighted by molar-refractivity contribution is 0.0954. The first-order chi connectivity index (χ1) is 11.9. The summed E-state index contributed by atoms with van der Waals surface area (Å²) in [5, 5.41) is 6.92. The summed E-state index contributed by atoms with van der Waals surface area (Å²) in [4.78, 5) is 12.8. The van der Waals surface area contributed by atoms with Crippen molar-refractivity contribution in [1.29, 1.82) is 0 Å². The number of sulfone groups is 1. The lowest BCUT2D eigenvalue weighted by atomic mass is 10.2. The van der Waals surface area contributed by atoms with Crippen LogP contribution in [-0.4, -0.2) is 24.1 Å². The highest BCUT2D eigenvalue weighted by atomic mass is 32.2. The van der Waals surface area contributed by atoms with Crippen LogP contribution >= 0.6 is 11.3 Å². The molecule has 2 aromatic heterocycles. The van der Waals surface area contributed by atoms with Gasteiger partial charge in [0.25, 0.3) is 5.91 Å². The normalized spacial score (nSPS) is 11.4. The predicted octanol–water partition coefficient (Wildman–Crippen LogP) is 2.55. The van der Waals surface area contributed by atoms with E-state index >= 15 is 0 Å². The molecule has 0 aliphatic heterocycles.